The lowest BCUT2D eigenvalue weighted by Crippen LogP contribution is -2.29. The number of amides is 2. The molecule has 0 aliphatic carbocycles. The number of pyridine rings is 1. The van der Waals surface area contributed by atoms with Gasteiger partial charge in [0.25, 0.3) is 0 Å². The number of aromatic nitrogens is 1. The molecule has 1 aromatic heterocycles. The Bertz CT molecular complexity index is 449. The number of carboxylic acids is 1. The number of aliphatic carboxylic acids is 1. The molecule has 1 rings (SSSR count). The van der Waals surface area contributed by atoms with Gasteiger partial charge in [-0.25, -0.2) is 4.79 Å². The first-order valence-electron chi connectivity index (χ1n) is 6.78. The Morgan fingerprint density at radius 3 is 2.70 bits per heavy atom. The SMILES string of the molecule is Cc1ncccc1NC(=O)NCCCCCCC(=O)O. The Labute approximate surface area is 118 Å². The highest BCUT2D eigenvalue weighted by molar-refractivity contribution is 5.89. The molecule has 3 N–H and O–H groups in total. The van der Waals surface area contributed by atoms with Crippen LogP contribution in [-0.2, 0) is 4.79 Å². The van der Waals surface area contributed by atoms with Crippen LogP contribution >= 0.6 is 0 Å². The van der Waals surface area contributed by atoms with E-state index in [1.165, 1.54) is 0 Å². The first-order valence-corrected chi connectivity index (χ1v) is 6.78. The third-order valence-corrected chi connectivity index (χ3v) is 2.86. The summed E-state index contributed by atoms with van der Waals surface area (Å²) in [4.78, 5) is 26.0. The highest BCUT2D eigenvalue weighted by atomic mass is 16.4. The highest BCUT2D eigenvalue weighted by Crippen LogP contribution is 2.09. The van der Waals surface area contributed by atoms with Crippen LogP contribution in [0.1, 0.15) is 37.8 Å². The van der Waals surface area contributed by atoms with Crippen molar-refractivity contribution >= 4 is 17.7 Å². The number of carbonyl (C=O) groups excluding carboxylic acids is 1. The maximum absolute atomic E-state index is 11.6. The normalized spacial score (nSPS) is 10.1. The van der Waals surface area contributed by atoms with Gasteiger partial charge in [0.2, 0.25) is 0 Å². The number of nitrogens with zero attached hydrogens (tertiary/aromatic N) is 1. The molecule has 6 nitrogen and oxygen atoms in total. The van der Waals surface area contributed by atoms with Crippen LogP contribution in [0.4, 0.5) is 10.5 Å². The summed E-state index contributed by atoms with van der Waals surface area (Å²) in [5, 5.41) is 14.0. The Morgan fingerprint density at radius 1 is 1.25 bits per heavy atom. The number of carbonyl (C=O) groups is 2. The maximum atomic E-state index is 11.6. The fourth-order valence-corrected chi connectivity index (χ4v) is 1.74. The minimum Gasteiger partial charge on any atom is -0.481 e. The fraction of sp³-hybridized carbons (Fsp3) is 0.500. The number of hydrogen-bond donors (Lipinski definition) is 3. The van der Waals surface area contributed by atoms with Crippen LogP contribution < -0.4 is 10.6 Å². The Hall–Kier alpha value is -2.11. The van der Waals surface area contributed by atoms with Gasteiger partial charge in [0, 0.05) is 19.2 Å². The van der Waals surface area contributed by atoms with Crippen molar-refractivity contribution in [3.05, 3.63) is 24.0 Å². The summed E-state index contributed by atoms with van der Waals surface area (Å²) < 4.78 is 0. The molecule has 0 spiro atoms. The van der Waals surface area contributed by atoms with E-state index < -0.39 is 5.97 Å². The molecule has 2 amide bonds. The molecular weight excluding hydrogens is 258 g/mol. The van der Waals surface area contributed by atoms with E-state index in [2.05, 4.69) is 15.6 Å². The summed E-state index contributed by atoms with van der Waals surface area (Å²) in [6.45, 7) is 2.41. The standard InChI is InChI=1S/C14H21N3O3/c1-11-12(7-6-10-15-11)17-14(20)16-9-5-3-2-4-8-13(18)19/h6-7,10H,2-5,8-9H2,1H3,(H,18,19)(H2,16,17,20). The van der Waals surface area contributed by atoms with Gasteiger partial charge in [0.15, 0.2) is 0 Å². The number of urea groups is 1. The zero-order valence-electron chi connectivity index (χ0n) is 11.7. The molecule has 0 bridgehead atoms. The van der Waals surface area contributed by atoms with Crippen molar-refractivity contribution in [3.63, 3.8) is 0 Å². The number of rotatable bonds is 8. The predicted octanol–water partition coefficient (Wildman–Crippen LogP) is 2.55. The largest absolute Gasteiger partial charge is 0.481 e. The van der Waals surface area contributed by atoms with Gasteiger partial charge < -0.3 is 15.7 Å². The predicted molar refractivity (Wildman–Crippen MR) is 76.7 cm³/mol. The van der Waals surface area contributed by atoms with Crippen LogP contribution in [0.2, 0.25) is 0 Å². The van der Waals surface area contributed by atoms with Gasteiger partial charge in [-0.2, -0.15) is 0 Å². The zero-order valence-corrected chi connectivity index (χ0v) is 11.7. The van der Waals surface area contributed by atoms with Gasteiger partial charge in [-0.1, -0.05) is 12.8 Å². The Morgan fingerprint density at radius 2 is 2.00 bits per heavy atom. The summed E-state index contributed by atoms with van der Waals surface area (Å²) in [5.74, 6) is -0.755. The van der Waals surface area contributed by atoms with E-state index in [0.29, 0.717) is 18.7 Å². The van der Waals surface area contributed by atoms with E-state index in [1.807, 2.05) is 6.92 Å². The molecule has 1 aromatic rings. The molecule has 1 heterocycles. The van der Waals surface area contributed by atoms with Gasteiger partial charge >= 0.3 is 12.0 Å². The molecule has 0 saturated carbocycles. The van der Waals surface area contributed by atoms with Crippen molar-refractivity contribution in [2.75, 3.05) is 11.9 Å². The lowest BCUT2D eigenvalue weighted by atomic mass is 10.1. The average Bonchev–Trinajstić information content (AvgIpc) is 2.40. The second-order valence-corrected chi connectivity index (χ2v) is 4.58. The molecule has 0 unspecified atom stereocenters. The van der Waals surface area contributed by atoms with E-state index >= 15 is 0 Å². The lowest BCUT2D eigenvalue weighted by Gasteiger charge is -2.08. The van der Waals surface area contributed by atoms with Gasteiger partial charge in [-0.15, -0.1) is 0 Å². The zero-order chi connectivity index (χ0) is 14.8. The minimum atomic E-state index is -0.755. The van der Waals surface area contributed by atoms with E-state index in [9.17, 15) is 9.59 Å². The van der Waals surface area contributed by atoms with Crippen LogP contribution in [0, 0.1) is 6.92 Å². The van der Waals surface area contributed by atoms with Crippen molar-refractivity contribution < 1.29 is 14.7 Å². The Balaban J connectivity index is 2.09. The van der Waals surface area contributed by atoms with Crippen LogP contribution in [-0.4, -0.2) is 28.6 Å². The van der Waals surface area contributed by atoms with Crippen molar-refractivity contribution in [1.29, 1.82) is 0 Å². The molecule has 0 saturated heterocycles. The van der Waals surface area contributed by atoms with E-state index in [1.54, 1.807) is 18.3 Å². The second kappa shape index (κ2) is 8.90. The smallest absolute Gasteiger partial charge is 0.319 e. The van der Waals surface area contributed by atoms with Gasteiger partial charge in [-0.3, -0.25) is 9.78 Å². The molecule has 0 aromatic carbocycles. The molecule has 110 valence electrons. The number of unbranched alkanes of at least 4 members (excludes halogenated alkanes) is 3. The third-order valence-electron chi connectivity index (χ3n) is 2.86. The van der Waals surface area contributed by atoms with Crippen molar-refractivity contribution in [3.8, 4) is 0 Å². The average molecular weight is 279 g/mol. The molecule has 20 heavy (non-hydrogen) atoms. The number of aryl methyl sites for hydroxylation is 1. The minimum absolute atomic E-state index is 0.216. The topological polar surface area (TPSA) is 91.3 Å². The van der Waals surface area contributed by atoms with Crippen LogP contribution in [0.25, 0.3) is 0 Å². The summed E-state index contributed by atoms with van der Waals surface area (Å²) in [6.07, 6.45) is 5.22. The van der Waals surface area contributed by atoms with Crippen LogP contribution in [0.3, 0.4) is 0 Å². The number of nitrogens with one attached hydrogen (secondary N) is 2. The first kappa shape index (κ1) is 15.9. The monoisotopic (exact) mass is 279 g/mol. The lowest BCUT2D eigenvalue weighted by molar-refractivity contribution is -0.137. The fourth-order valence-electron chi connectivity index (χ4n) is 1.74. The second-order valence-electron chi connectivity index (χ2n) is 4.58. The summed E-state index contributed by atoms with van der Waals surface area (Å²) in [6, 6.07) is 3.32. The van der Waals surface area contributed by atoms with Gasteiger partial charge in [-0.05, 0) is 31.9 Å². The van der Waals surface area contributed by atoms with Crippen LogP contribution in [0.5, 0.6) is 0 Å². The first-order chi connectivity index (χ1) is 9.59. The van der Waals surface area contributed by atoms with E-state index in [4.69, 9.17) is 5.11 Å². The molecule has 0 atom stereocenters. The van der Waals surface area contributed by atoms with Gasteiger partial charge in [0.05, 0.1) is 11.4 Å². The summed E-state index contributed by atoms with van der Waals surface area (Å²) in [5.41, 5.74) is 1.47. The molecular formula is C14H21N3O3. The molecule has 6 heteroatoms. The highest BCUT2D eigenvalue weighted by Gasteiger charge is 2.03. The quantitative estimate of drug-likeness (QED) is 0.638. The maximum Gasteiger partial charge on any atom is 0.319 e. The Kier molecular flexibility index (Phi) is 7.10. The van der Waals surface area contributed by atoms with Gasteiger partial charge in [0.1, 0.15) is 0 Å². The van der Waals surface area contributed by atoms with Crippen molar-refractivity contribution in [2.24, 2.45) is 0 Å². The number of carboxylic acid groups (broad SMARTS) is 1. The molecule has 0 fully saturated rings. The molecule has 0 aliphatic heterocycles. The van der Waals surface area contributed by atoms with E-state index in [0.717, 1.165) is 25.0 Å². The number of anilines is 1. The van der Waals surface area contributed by atoms with Crippen molar-refractivity contribution in [2.45, 2.75) is 39.0 Å². The third kappa shape index (κ3) is 6.72. The summed E-state index contributed by atoms with van der Waals surface area (Å²) >= 11 is 0. The van der Waals surface area contributed by atoms with Crippen molar-refractivity contribution in [1.82, 2.24) is 10.3 Å². The number of hydrogen-bond acceptors (Lipinski definition) is 3. The van der Waals surface area contributed by atoms with E-state index in [-0.39, 0.29) is 12.5 Å². The summed E-state index contributed by atoms with van der Waals surface area (Å²) in [7, 11) is 0. The van der Waals surface area contributed by atoms with Crippen LogP contribution in [0.15, 0.2) is 18.3 Å². The molecule has 0 radical (unpaired) electrons. The molecule has 0 aliphatic rings.